The smallest absolute Gasteiger partial charge is 0.106 e. The predicted octanol–water partition coefficient (Wildman–Crippen LogP) is 5.77. The molecule has 3 heterocycles. The van der Waals surface area contributed by atoms with Crippen LogP contribution in [0.1, 0.15) is 25.5 Å². The van der Waals surface area contributed by atoms with Crippen LogP contribution in [0.25, 0.3) is 55.1 Å². The minimum absolute atomic E-state index is 0.889. The first-order valence-electron chi connectivity index (χ1n) is 10.7. The molecule has 0 amide bonds. The molecule has 31 heavy (non-hydrogen) atoms. The molecule has 3 aromatic carbocycles. The Kier molecular flexibility index (Phi) is 3.93. The summed E-state index contributed by atoms with van der Waals surface area (Å²) >= 11 is 0. The summed E-state index contributed by atoms with van der Waals surface area (Å²) in [6.45, 7) is 4.20. The van der Waals surface area contributed by atoms with Crippen LogP contribution in [0.5, 0.6) is 0 Å². The topological polar surface area (TPSA) is 86.0 Å². The van der Waals surface area contributed by atoms with Crippen molar-refractivity contribution >= 4 is 32.6 Å². The van der Waals surface area contributed by atoms with Crippen LogP contribution < -0.4 is 0 Å². The molecule has 0 radical (unpaired) electrons. The Balaban J connectivity index is 1.59. The molecular formula is C25H22N6. The van der Waals surface area contributed by atoms with E-state index in [1.807, 2.05) is 12.4 Å². The third kappa shape index (κ3) is 2.75. The molecule has 0 bridgehead atoms. The number of nitrogens with one attached hydrogen (secondary N) is 3. The van der Waals surface area contributed by atoms with Crippen molar-refractivity contribution in [3.05, 3.63) is 66.8 Å². The molecule has 0 aliphatic heterocycles. The van der Waals surface area contributed by atoms with Crippen molar-refractivity contribution in [3.8, 4) is 22.5 Å². The number of aromatic nitrogens is 6. The van der Waals surface area contributed by atoms with E-state index in [9.17, 15) is 0 Å². The maximum absolute atomic E-state index is 4.67. The van der Waals surface area contributed by atoms with Gasteiger partial charge in [0.15, 0.2) is 0 Å². The fourth-order valence-electron chi connectivity index (χ4n) is 4.38. The molecule has 152 valence electrons. The molecule has 0 atom stereocenters. The van der Waals surface area contributed by atoms with Crippen LogP contribution >= 0.6 is 0 Å². The van der Waals surface area contributed by atoms with Gasteiger partial charge in [-0.2, -0.15) is 0 Å². The normalized spacial score (nSPS) is 11.8. The fourth-order valence-corrected chi connectivity index (χ4v) is 4.38. The molecule has 6 nitrogen and oxygen atoms in total. The number of rotatable bonds is 4. The van der Waals surface area contributed by atoms with Crippen LogP contribution in [0, 0.1) is 0 Å². The molecule has 0 saturated carbocycles. The second-order valence-electron chi connectivity index (χ2n) is 7.84. The second kappa shape index (κ2) is 6.80. The Morgan fingerprint density at radius 1 is 0.677 bits per heavy atom. The molecule has 6 aromatic rings. The van der Waals surface area contributed by atoms with Crippen LogP contribution in [-0.4, -0.2) is 29.9 Å². The van der Waals surface area contributed by atoms with Gasteiger partial charge in [0.1, 0.15) is 11.6 Å². The van der Waals surface area contributed by atoms with Crippen molar-refractivity contribution in [3.63, 3.8) is 0 Å². The van der Waals surface area contributed by atoms with Gasteiger partial charge in [-0.15, -0.1) is 0 Å². The first-order valence-corrected chi connectivity index (χ1v) is 10.7. The average molecular weight is 406 g/mol. The minimum atomic E-state index is 0.889. The van der Waals surface area contributed by atoms with Crippen molar-refractivity contribution < 1.29 is 0 Å². The fraction of sp³-hybridized carbons (Fsp3) is 0.160. The Hall–Kier alpha value is -3.93. The Bertz CT molecular complexity index is 1450. The van der Waals surface area contributed by atoms with E-state index in [2.05, 4.69) is 80.1 Å². The number of hydrogen-bond donors (Lipinski definition) is 3. The maximum Gasteiger partial charge on any atom is 0.106 e. The minimum Gasteiger partial charge on any atom is -0.344 e. The summed E-state index contributed by atoms with van der Waals surface area (Å²) in [5.74, 6) is 1.99. The van der Waals surface area contributed by atoms with Crippen LogP contribution in [0.15, 0.2) is 55.1 Å². The number of nitrogens with zero attached hydrogens (tertiary/aromatic N) is 3. The number of H-pyrrole nitrogens is 3. The first kappa shape index (κ1) is 17.9. The highest BCUT2D eigenvalue weighted by atomic mass is 14.9. The highest BCUT2D eigenvalue weighted by Gasteiger charge is 2.14. The van der Waals surface area contributed by atoms with Crippen LogP contribution in [0.4, 0.5) is 0 Å². The van der Waals surface area contributed by atoms with Crippen molar-refractivity contribution in [1.29, 1.82) is 0 Å². The Labute approximate surface area is 178 Å². The Morgan fingerprint density at radius 3 is 1.84 bits per heavy atom. The molecule has 0 aliphatic carbocycles. The van der Waals surface area contributed by atoms with E-state index in [1.54, 1.807) is 6.33 Å². The quantitative estimate of drug-likeness (QED) is 0.325. The predicted molar refractivity (Wildman–Crippen MR) is 125 cm³/mol. The lowest BCUT2D eigenvalue weighted by Gasteiger charge is -2.09. The molecular weight excluding hydrogens is 384 g/mol. The van der Waals surface area contributed by atoms with Gasteiger partial charge in [0, 0.05) is 34.7 Å². The number of aromatic amines is 3. The lowest BCUT2D eigenvalue weighted by atomic mass is 9.96. The lowest BCUT2D eigenvalue weighted by Crippen LogP contribution is -1.87. The van der Waals surface area contributed by atoms with Gasteiger partial charge in [0.2, 0.25) is 0 Å². The molecule has 0 aliphatic rings. The third-order valence-electron chi connectivity index (χ3n) is 6.04. The molecule has 0 saturated heterocycles. The summed E-state index contributed by atoms with van der Waals surface area (Å²) in [5.41, 5.74) is 6.34. The van der Waals surface area contributed by atoms with Gasteiger partial charge in [0.25, 0.3) is 0 Å². The van der Waals surface area contributed by atoms with Crippen molar-refractivity contribution in [1.82, 2.24) is 29.9 Å². The number of hydrogen-bond acceptors (Lipinski definition) is 3. The zero-order valence-corrected chi connectivity index (χ0v) is 17.5. The second-order valence-corrected chi connectivity index (χ2v) is 7.84. The van der Waals surface area contributed by atoms with E-state index in [0.717, 1.165) is 68.8 Å². The zero-order valence-electron chi connectivity index (χ0n) is 17.5. The van der Waals surface area contributed by atoms with E-state index >= 15 is 0 Å². The summed E-state index contributed by atoms with van der Waals surface area (Å²) < 4.78 is 0. The summed E-state index contributed by atoms with van der Waals surface area (Å²) in [4.78, 5) is 23.8. The van der Waals surface area contributed by atoms with Gasteiger partial charge in [-0.1, -0.05) is 38.1 Å². The van der Waals surface area contributed by atoms with E-state index in [1.165, 1.54) is 10.8 Å². The highest BCUT2D eigenvalue weighted by molar-refractivity contribution is 6.24. The van der Waals surface area contributed by atoms with E-state index in [4.69, 9.17) is 0 Å². The van der Waals surface area contributed by atoms with Gasteiger partial charge < -0.3 is 15.0 Å². The first-order chi connectivity index (χ1) is 15.2. The Morgan fingerprint density at radius 2 is 1.26 bits per heavy atom. The SMILES string of the molecule is CCc1ncc(-c2ccc3c4ccc(-c5cnc(CC)[nH]5)cc4c4[nH]cnc4c3c2)[nH]1. The molecule has 6 heteroatoms. The highest BCUT2D eigenvalue weighted by Crippen LogP contribution is 2.37. The summed E-state index contributed by atoms with van der Waals surface area (Å²) in [5, 5.41) is 4.69. The van der Waals surface area contributed by atoms with Crippen LogP contribution in [0.3, 0.4) is 0 Å². The molecule has 6 rings (SSSR count). The number of imidazole rings is 3. The lowest BCUT2D eigenvalue weighted by molar-refractivity contribution is 0.990. The van der Waals surface area contributed by atoms with Gasteiger partial charge in [0.05, 0.1) is 41.1 Å². The van der Waals surface area contributed by atoms with Crippen LogP contribution in [0.2, 0.25) is 0 Å². The summed E-state index contributed by atoms with van der Waals surface area (Å²) in [6, 6.07) is 13.1. The van der Waals surface area contributed by atoms with Crippen molar-refractivity contribution in [2.45, 2.75) is 26.7 Å². The molecule has 3 aromatic heterocycles. The molecule has 0 fully saturated rings. The van der Waals surface area contributed by atoms with Gasteiger partial charge in [-0.3, -0.25) is 0 Å². The van der Waals surface area contributed by atoms with Crippen molar-refractivity contribution in [2.24, 2.45) is 0 Å². The largest absolute Gasteiger partial charge is 0.344 e. The van der Waals surface area contributed by atoms with E-state index < -0.39 is 0 Å². The number of aryl methyl sites for hydroxylation is 2. The maximum atomic E-state index is 4.67. The monoisotopic (exact) mass is 406 g/mol. The summed E-state index contributed by atoms with van der Waals surface area (Å²) in [6.07, 6.45) is 7.37. The summed E-state index contributed by atoms with van der Waals surface area (Å²) in [7, 11) is 0. The molecule has 0 unspecified atom stereocenters. The van der Waals surface area contributed by atoms with E-state index in [-0.39, 0.29) is 0 Å². The third-order valence-corrected chi connectivity index (χ3v) is 6.04. The van der Waals surface area contributed by atoms with Crippen molar-refractivity contribution in [2.75, 3.05) is 0 Å². The number of fused-ring (bicyclic) bond motifs is 6. The number of benzene rings is 3. The van der Waals surface area contributed by atoms with Crippen LogP contribution in [-0.2, 0) is 12.8 Å². The van der Waals surface area contributed by atoms with Gasteiger partial charge in [-0.05, 0) is 22.9 Å². The van der Waals surface area contributed by atoms with E-state index in [0.29, 0.717) is 0 Å². The van der Waals surface area contributed by atoms with Gasteiger partial charge >= 0.3 is 0 Å². The average Bonchev–Trinajstić information content (AvgIpc) is 3.58. The molecule has 3 N–H and O–H groups in total. The standard InChI is InChI=1S/C25H22N6/c1-3-22-26-11-20(30-22)14-5-7-16-17-8-6-15(21-12-27-23(4-2)31-21)10-19(17)25-24(18(16)9-14)28-13-29-25/h5-13H,3-4H2,1-2H3,(H,26,30)(H,27,31)(H,28,29). The zero-order chi connectivity index (χ0) is 20.9. The van der Waals surface area contributed by atoms with Gasteiger partial charge in [-0.25, -0.2) is 15.0 Å². The molecule has 0 spiro atoms.